The van der Waals surface area contributed by atoms with Crippen molar-refractivity contribution in [3.05, 3.63) is 46.9 Å². The van der Waals surface area contributed by atoms with Gasteiger partial charge in [0.25, 0.3) is 0 Å². The number of methoxy groups -OCH3 is 1. The van der Waals surface area contributed by atoms with Crippen LogP contribution in [0.5, 0.6) is 5.75 Å². The number of sulfonamides is 1. The number of anilines is 2. The van der Waals surface area contributed by atoms with Crippen molar-refractivity contribution in [2.45, 2.75) is 18.7 Å². The van der Waals surface area contributed by atoms with Gasteiger partial charge in [0.05, 0.1) is 24.2 Å². The summed E-state index contributed by atoms with van der Waals surface area (Å²) < 4.78 is 32.9. The highest BCUT2D eigenvalue weighted by Gasteiger charge is 2.23. The molecule has 7 nitrogen and oxygen atoms in total. The summed E-state index contributed by atoms with van der Waals surface area (Å²) in [4.78, 5) is 12.5. The number of carbonyl (C=O) groups excluding carboxylic acids is 1. The molecule has 0 saturated carbocycles. The molecule has 0 fully saturated rings. The van der Waals surface area contributed by atoms with E-state index in [1.807, 2.05) is 24.3 Å². The Morgan fingerprint density at radius 1 is 1.11 bits per heavy atom. The molecule has 0 spiro atoms. The first-order chi connectivity index (χ1) is 13.3. The third kappa shape index (κ3) is 5.24. The highest BCUT2D eigenvalue weighted by Crippen LogP contribution is 2.29. The fourth-order valence-electron chi connectivity index (χ4n) is 2.63. The third-order valence-electron chi connectivity index (χ3n) is 4.10. The van der Waals surface area contributed by atoms with Crippen LogP contribution in [-0.4, -0.2) is 45.4 Å². The standard InChI is InChI=1S/C19H24BrN3O4S/c1-4-23(5-2)28(25,26)14-10-11-18(27-3)17(12-14)22-19(24)13-21-16-9-7-6-8-15(16)20/h6-12,21H,4-5,13H2,1-3H3,(H,22,24). The molecule has 2 rings (SSSR count). The van der Waals surface area contributed by atoms with E-state index in [9.17, 15) is 13.2 Å². The number of benzene rings is 2. The van der Waals surface area contributed by atoms with Gasteiger partial charge in [-0.2, -0.15) is 4.31 Å². The van der Waals surface area contributed by atoms with Crippen molar-refractivity contribution in [2.75, 3.05) is 37.4 Å². The summed E-state index contributed by atoms with van der Waals surface area (Å²) in [5.74, 6) is 0.0548. The van der Waals surface area contributed by atoms with E-state index in [0.29, 0.717) is 24.5 Å². The van der Waals surface area contributed by atoms with Gasteiger partial charge in [0, 0.05) is 23.2 Å². The Labute approximate surface area is 174 Å². The van der Waals surface area contributed by atoms with E-state index in [1.165, 1.54) is 29.6 Å². The van der Waals surface area contributed by atoms with Crippen LogP contribution in [0, 0.1) is 0 Å². The van der Waals surface area contributed by atoms with Crippen LogP contribution < -0.4 is 15.4 Å². The maximum Gasteiger partial charge on any atom is 0.243 e. The molecule has 28 heavy (non-hydrogen) atoms. The number of nitrogens with one attached hydrogen (secondary N) is 2. The van der Waals surface area contributed by atoms with Crippen molar-refractivity contribution in [2.24, 2.45) is 0 Å². The topological polar surface area (TPSA) is 87.7 Å². The van der Waals surface area contributed by atoms with Crippen LogP contribution in [0.1, 0.15) is 13.8 Å². The van der Waals surface area contributed by atoms with Gasteiger partial charge in [-0.1, -0.05) is 26.0 Å². The first-order valence-electron chi connectivity index (χ1n) is 8.79. The lowest BCUT2D eigenvalue weighted by Crippen LogP contribution is -2.30. The number of hydrogen-bond acceptors (Lipinski definition) is 5. The van der Waals surface area contributed by atoms with Crippen LogP contribution in [0.2, 0.25) is 0 Å². The second kappa shape index (κ2) is 9.90. The molecular weight excluding hydrogens is 446 g/mol. The summed E-state index contributed by atoms with van der Waals surface area (Å²) in [7, 11) is -2.18. The number of nitrogens with zero attached hydrogens (tertiary/aromatic N) is 1. The van der Waals surface area contributed by atoms with E-state index in [2.05, 4.69) is 26.6 Å². The van der Waals surface area contributed by atoms with Crippen LogP contribution in [0.3, 0.4) is 0 Å². The zero-order valence-electron chi connectivity index (χ0n) is 16.0. The number of rotatable bonds is 9. The molecule has 0 aromatic heterocycles. The minimum atomic E-state index is -3.64. The van der Waals surface area contributed by atoms with Crippen molar-refractivity contribution in [1.29, 1.82) is 0 Å². The number of halogens is 1. The van der Waals surface area contributed by atoms with E-state index in [-0.39, 0.29) is 17.3 Å². The van der Waals surface area contributed by atoms with Gasteiger partial charge in [0.15, 0.2) is 0 Å². The zero-order valence-corrected chi connectivity index (χ0v) is 18.4. The van der Waals surface area contributed by atoms with Crippen LogP contribution in [0.4, 0.5) is 11.4 Å². The molecule has 9 heteroatoms. The Kier molecular flexibility index (Phi) is 7.85. The maximum absolute atomic E-state index is 12.7. The summed E-state index contributed by atoms with van der Waals surface area (Å²) in [5.41, 5.74) is 1.08. The quantitative estimate of drug-likeness (QED) is 0.586. The molecule has 1 amide bonds. The molecule has 0 saturated heterocycles. The van der Waals surface area contributed by atoms with E-state index < -0.39 is 10.0 Å². The van der Waals surface area contributed by atoms with E-state index in [0.717, 1.165) is 10.2 Å². The molecule has 0 aliphatic heterocycles. The maximum atomic E-state index is 12.7. The molecule has 0 bridgehead atoms. The van der Waals surface area contributed by atoms with Gasteiger partial charge in [0.2, 0.25) is 15.9 Å². The van der Waals surface area contributed by atoms with Gasteiger partial charge in [0.1, 0.15) is 5.75 Å². The molecule has 2 aromatic carbocycles. The lowest BCUT2D eigenvalue weighted by atomic mass is 10.3. The predicted molar refractivity (Wildman–Crippen MR) is 114 cm³/mol. The summed E-state index contributed by atoms with van der Waals surface area (Å²) in [6.07, 6.45) is 0. The van der Waals surface area contributed by atoms with Crippen LogP contribution in [0.25, 0.3) is 0 Å². The van der Waals surface area contributed by atoms with Crippen molar-refractivity contribution < 1.29 is 17.9 Å². The Morgan fingerprint density at radius 2 is 1.79 bits per heavy atom. The van der Waals surface area contributed by atoms with E-state index in [4.69, 9.17) is 4.74 Å². The molecule has 2 aromatic rings. The first-order valence-corrected chi connectivity index (χ1v) is 11.0. The van der Waals surface area contributed by atoms with Gasteiger partial charge >= 0.3 is 0 Å². The Balaban J connectivity index is 2.20. The van der Waals surface area contributed by atoms with Crippen molar-refractivity contribution >= 4 is 43.2 Å². The third-order valence-corrected chi connectivity index (χ3v) is 6.84. The second-order valence-electron chi connectivity index (χ2n) is 5.83. The zero-order chi connectivity index (χ0) is 20.7. The van der Waals surface area contributed by atoms with Crippen molar-refractivity contribution in [3.8, 4) is 5.75 Å². The summed E-state index contributed by atoms with van der Waals surface area (Å²) in [6, 6.07) is 11.9. The minimum absolute atomic E-state index is 0.0127. The SMILES string of the molecule is CCN(CC)S(=O)(=O)c1ccc(OC)c(NC(=O)CNc2ccccc2Br)c1. The van der Waals surface area contributed by atoms with E-state index in [1.54, 1.807) is 13.8 Å². The monoisotopic (exact) mass is 469 g/mol. The average molecular weight is 470 g/mol. The van der Waals surface area contributed by atoms with Crippen molar-refractivity contribution in [1.82, 2.24) is 4.31 Å². The van der Waals surface area contributed by atoms with Gasteiger partial charge in [-0.15, -0.1) is 0 Å². The molecular formula is C19H24BrN3O4S. The number of carbonyl (C=O) groups is 1. The van der Waals surface area contributed by atoms with Crippen molar-refractivity contribution in [3.63, 3.8) is 0 Å². The highest BCUT2D eigenvalue weighted by molar-refractivity contribution is 9.10. The van der Waals surface area contributed by atoms with E-state index >= 15 is 0 Å². The van der Waals surface area contributed by atoms with Crippen LogP contribution in [-0.2, 0) is 14.8 Å². The molecule has 0 aliphatic carbocycles. The molecule has 152 valence electrons. The lowest BCUT2D eigenvalue weighted by molar-refractivity contribution is -0.114. The average Bonchev–Trinajstić information content (AvgIpc) is 2.68. The van der Waals surface area contributed by atoms with Gasteiger partial charge in [-0.05, 0) is 46.3 Å². The van der Waals surface area contributed by atoms with Gasteiger partial charge in [-0.25, -0.2) is 8.42 Å². The molecule has 0 atom stereocenters. The largest absolute Gasteiger partial charge is 0.495 e. The normalized spacial score (nSPS) is 11.3. The number of amides is 1. The van der Waals surface area contributed by atoms with Gasteiger partial charge < -0.3 is 15.4 Å². The van der Waals surface area contributed by atoms with Gasteiger partial charge in [-0.3, -0.25) is 4.79 Å². The Bertz CT molecular complexity index is 931. The first kappa shape index (κ1) is 22.2. The highest BCUT2D eigenvalue weighted by atomic mass is 79.9. The number of ether oxygens (including phenoxy) is 1. The molecule has 0 radical (unpaired) electrons. The molecule has 0 heterocycles. The molecule has 2 N–H and O–H groups in total. The minimum Gasteiger partial charge on any atom is -0.495 e. The fourth-order valence-corrected chi connectivity index (χ4v) is 4.54. The molecule has 0 unspecified atom stereocenters. The molecule has 0 aliphatic rings. The smallest absolute Gasteiger partial charge is 0.243 e. The predicted octanol–water partition coefficient (Wildman–Crippen LogP) is 3.54. The number of para-hydroxylation sites is 1. The Hall–Kier alpha value is -2.10. The number of hydrogen-bond donors (Lipinski definition) is 2. The summed E-state index contributed by atoms with van der Waals surface area (Å²) in [5, 5.41) is 5.74. The summed E-state index contributed by atoms with van der Waals surface area (Å²) >= 11 is 3.41. The lowest BCUT2D eigenvalue weighted by Gasteiger charge is -2.19. The Morgan fingerprint density at radius 3 is 2.39 bits per heavy atom. The fraction of sp³-hybridized carbons (Fsp3) is 0.316. The van der Waals surface area contributed by atoms with Crippen LogP contribution in [0.15, 0.2) is 51.8 Å². The van der Waals surface area contributed by atoms with Crippen LogP contribution >= 0.6 is 15.9 Å². The summed E-state index contributed by atoms with van der Waals surface area (Å²) in [6.45, 7) is 4.30. The second-order valence-corrected chi connectivity index (χ2v) is 8.63.